The first-order valence-corrected chi connectivity index (χ1v) is 7.07. The molecule has 6 heteroatoms. The molecule has 18 heavy (non-hydrogen) atoms. The van der Waals surface area contributed by atoms with E-state index in [-0.39, 0.29) is 0 Å². The van der Waals surface area contributed by atoms with Gasteiger partial charge in [-0.2, -0.15) is 4.98 Å². The number of aromatic nitrogens is 3. The Morgan fingerprint density at radius 3 is 2.83 bits per heavy atom. The summed E-state index contributed by atoms with van der Waals surface area (Å²) in [6.07, 6.45) is 4.76. The highest BCUT2D eigenvalue weighted by Gasteiger charge is 2.36. The van der Waals surface area contributed by atoms with Gasteiger partial charge in [0.15, 0.2) is 5.82 Å². The molecule has 2 heterocycles. The second-order valence-corrected chi connectivity index (χ2v) is 5.98. The molecule has 0 bridgehead atoms. The smallest absolute Gasteiger partial charge is 0.246 e. The minimum absolute atomic E-state index is 0.400. The summed E-state index contributed by atoms with van der Waals surface area (Å²) in [6, 6.07) is 0. The zero-order valence-corrected chi connectivity index (χ0v) is 11.2. The zero-order chi connectivity index (χ0) is 12.6. The van der Waals surface area contributed by atoms with Gasteiger partial charge in [-0.15, -0.1) is 11.3 Å². The van der Waals surface area contributed by atoms with E-state index in [1.54, 1.807) is 11.3 Å². The van der Waals surface area contributed by atoms with Gasteiger partial charge in [0.05, 0.1) is 22.7 Å². The minimum atomic E-state index is -0.400. The molecule has 96 valence electrons. The van der Waals surface area contributed by atoms with Crippen LogP contribution >= 0.6 is 11.3 Å². The van der Waals surface area contributed by atoms with Gasteiger partial charge in [-0.25, -0.2) is 4.98 Å². The molecule has 0 unspecified atom stereocenters. The van der Waals surface area contributed by atoms with Crippen LogP contribution in [0, 0.1) is 6.92 Å². The number of rotatable bonds is 3. The summed E-state index contributed by atoms with van der Waals surface area (Å²) in [5, 5.41) is 7.09. The highest BCUT2D eigenvalue weighted by molar-refractivity contribution is 7.09. The summed E-state index contributed by atoms with van der Waals surface area (Å²) in [7, 11) is 0. The highest BCUT2D eigenvalue weighted by atomic mass is 32.1. The van der Waals surface area contributed by atoms with E-state index in [4.69, 9.17) is 10.3 Å². The monoisotopic (exact) mass is 264 g/mol. The van der Waals surface area contributed by atoms with E-state index in [9.17, 15) is 0 Å². The summed E-state index contributed by atoms with van der Waals surface area (Å²) in [6.45, 7) is 1.99. The Kier molecular flexibility index (Phi) is 2.91. The van der Waals surface area contributed by atoms with Crippen LogP contribution in [-0.2, 0) is 12.0 Å². The van der Waals surface area contributed by atoms with Crippen molar-refractivity contribution >= 4 is 11.3 Å². The van der Waals surface area contributed by atoms with Crippen molar-refractivity contribution in [3.05, 3.63) is 27.8 Å². The summed E-state index contributed by atoms with van der Waals surface area (Å²) in [5.41, 5.74) is 6.87. The Labute approximate surface area is 109 Å². The lowest BCUT2D eigenvalue weighted by Gasteiger charge is -2.17. The number of aryl methyl sites for hydroxylation is 1. The highest BCUT2D eigenvalue weighted by Crippen LogP contribution is 2.35. The molecule has 1 fully saturated rings. The molecule has 0 atom stereocenters. The third-order valence-electron chi connectivity index (χ3n) is 3.40. The SMILES string of the molecule is Cc1nc(Cc2noc(C3(N)CCCC3)n2)cs1. The fraction of sp³-hybridized carbons (Fsp3) is 0.583. The second kappa shape index (κ2) is 4.44. The average molecular weight is 264 g/mol. The van der Waals surface area contributed by atoms with Crippen LogP contribution in [0.4, 0.5) is 0 Å². The van der Waals surface area contributed by atoms with Crippen LogP contribution in [0.5, 0.6) is 0 Å². The molecule has 2 aromatic heterocycles. The predicted molar refractivity (Wildman–Crippen MR) is 68.3 cm³/mol. The minimum Gasteiger partial charge on any atom is -0.337 e. The standard InChI is InChI=1S/C12H16N4OS/c1-8-14-9(7-18-8)6-10-15-11(17-16-10)12(13)4-2-3-5-12/h7H,2-6,13H2,1H3. The van der Waals surface area contributed by atoms with E-state index in [1.165, 1.54) is 0 Å². The van der Waals surface area contributed by atoms with Gasteiger partial charge in [0.2, 0.25) is 5.89 Å². The van der Waals surface area contributed by atoms with Crippen LogP contribution in [0.25, 0.3) is 0 Å². The largest absolute Gasteiger partial charge is 0.337 e. The van der Waals surface area contributed by atoms with Crippen LogP contribution in [0.2, 0.25) is 0 Å². The molecule has 0 amide bonds. The van der Waals surface area contributed by atoms with E-state index in [0.29, 0.717) is 18.1 Å². The average Bonchev–Trinajstić information content (AvgIpc) is 3.02. The molecule has 3 rings (SSSR count). The van der Waals surface area contributed by atoms with Crippen molar-refractivity contribution in [3.8, 4) is 0 Å². The van der Waals surface area contributed by atoms with E-state index < -0.39 is 5.54 Å². The summed E-state index contributed by atoms with van der Waals surface area (Å²) in [4.78, 5) is 8.83. The van der Waals surface area contributed by atoms with Gasteiger partial charge in [-0.1, -0.05) is 18.0 Å². The third kappa shape index (κ3) is 2.18. The van der Waals surface area contributed by atoms with Crippen LogP contribution in [0.15, 0.2) is 9.90 Å². The van der Waals surface area contributed by atoms with Crippen molar-refractivity contribution in [3.63, 3.8) is 0 Å². The Morgan fingerprint density at radius 1 is 1.39 bits per heavy atom. The molecule has 0 saturated heterocycles. The molecule has 0 aliphatic heterocycles. The van der Waals surface area contributed by atoms with Crippen molar-refractivity contribution < 1.29 is 4.52 Å². The van der Waals surface area contributed by atoms with Gasteiger partial charge >= 0.3 is 0 Å². The van der Waals surface area contributed by atoms with Crippen molar-refractivity contribution in [2.45, 2.75) is 44.6 Å². The molecule has 2 N–H and O–H groups in total. The summed E-state index contributed by atoms with van der Waals surface area (Å²) in [5.74, 6) is 1.26. The topological polar surface area (TPSA) is 77.8 Å². The van der Waals surface area contributed by atoms with Crippen molar-refractivity contribution in [2.75, 3.05) is 0 Å². The van der Waals surface area contributed by atoms with E-state index in [0.717, 1.165) is 36.4 Å². The molecule has 0 aromatic carbocycles. The maximum atomic E-state index is 6.28. The lowest BCUT2D eigenvalue weighted by Crippen LogP contribution is -2.33. The van der Waals surface area contributed by atoms with Crippen molar-refractivity contribution in [1.82, 2.24) is 15.1 Å². The molecule has 5 nitrogen and oxygen atoms in total. The molecular weight excluding hydrogens is 248 g/mol. The fourth-order valence-corrected chi connectivity index (χ4v) is 3.01. The number of hydrogen-bond acceptors (Lipinski definition) is 6. The number of nitrogens with two attached hydrogens (primary N) is 1. The maximum Gasteiger partial charge on any atom is 0.246 e. The molecule has 1 saturated carbocycles. The maximum absolute atomic E-state index is 6.28. The normalized spacial score (nSPS) is 18.3. The molecular formula is C12H16N4OS. The summed E-state index contributed by atoms with van der Waals surface area (Å²) < 4.78 is 5.32. The van der Waals surface area contributed by atoms with E-state index in [2.05, 4.69) is 15.1 Å². The van der Waals surface area contributed by atoms with Crippen molar-refractivity contribution in [1.29, 1.82) is 0 Å². The Balaban J connectivity index is 1.77. The number of hydrogen-bond donors (Lipinski definition) is 1. The van der Waals surface area contributed by atoms with Crippen LogP contribution in [-0.4, -0.2) is 15.1 Å². The first-order valence-electron chi connectivity index (χ1n) is 6.19. The van der Waals surface area contributed by atoms with Gasteiger partial charge in [0, 0.05) is 5.38 Å². The molecule has 2 aromatic rings. The third-order valence-corrected chi connectivity index (χ3v) is 4.22. The van der Waals surface area contributed by atoms with Gasteiger partial charge in [0.1, 0.15) is 0 Å². The van der Waals surface area contributed by atoms with Crippen LogP contribution < -0.4 is 5.73 Å². The number of thiazole rings is 1. The predicted octanol–water partition coefficient (Wildman–Crippen LogP) is 2.15. The van der Waals surface area contributed by atoms with Gasteiger partial charge in [-0.05, 0) is 19.8 Å². The van der Waals surface area contributed by atoms with Crippen molar-refractivity contribution in [2.24, 2.45) is 5.73 Å². The van der Waals surface area contributed by atoms with Gasteiger partial charge in [0.25, 0.3) is 0 Å². The Hall–Kier alpha value is -1.27. The van der Waals surface area contributed by atoms with Gasteiger partial charge in [-0.3, -0.25) is 0 Å². The van der Waals surface area contributed by atoms with E-state index >= 15 is 0 Å². The second-order valence-electron chi connectivity index (χ2n) is 4.91. The molecule has 1 aliphatic carbocycles. The van der Waals surface area contributed by atoms with Crippen LogP contribution in [0.3, 0.4) is 0 Å². The molecule has 0 radical (unpaired) electrons. The zero-order valence-electron chi connectivity index (χ0n) is 10.3. The Bertz CT molecular complexity index is 542. The molecule has 1 aliphatic rings. The lowest BCUT2D eigenvalue weighted by atomic mass is 9.99. The van der Waals surface area contributed by atoms with Gasteiger partial charge < -0.3 is 10.3 Å². The van der Waals surface area contributed by atoms with Crippen LogP contribution in [0.1, 0.15) is 48.1 Å². The number of nitrogens with zero attached hydrogens (tertiary/aromatic N) is 3. The van der Waals surface area contributed by atoms with E-state index in [1.807, 2.05) is 12.3 Å². The fourth-order valence-electron chi connectivity index (χ4n) is 2.40. The first-order chi connectivity index (χ1) is 8.66. The first kappa shape index (κ1) is 11.8. The molecule has 0 spiro atoms. The lowest BCUT2D eigenvalue weighted by molar-refractivity contribution is 0.284. The quantitative estimate of drug-likeness (QED) is 0.919. The Morgan fingerprint density at radius 2 is 2.17 bits per heavy atom. The summed E-state index contributed by atoms with van der Waals surface area (Å²) >= 11 is 1.63.